The summed E-state index contributed by atoms with van der Waals surface area (Å²) in [5.41, 5.74) is -1.60. The minimum Gasteiger partial charge on any atom is -0.457 e. The van der Waals surface area contributed by atoms with E-state index in [0.717, 1.165) is 0 Å². The number of methoxy groups -OCH3 is 1. The second-order valence-electron chi connectivity index (χ2n) is 16.3. The van der Waals surface area contributed by atoms with Gasteiger partial charge in [0.25, 0.3) is 5.91 Å². The van der Waals surface area contributed by atoms with Gasteiger partial charge in [-0.15, -0.1) is 0 Å². The van der Waals surface area contributed by atoms with Crippen molar-refractivity contribution < 1.29 is 53.0 Å². The number of likely N-dealkylation sites (N-methyl/N-ethyl adjacent to an activating group) is 1. The van der Waals surface area contributed by atoms with E-state index in [9.17, 15) is 24.6 Å². The van der Waals surface area contributed by atoms with E-state index in [4.69, 9.17) is 28.4 Å². The molecule has 2 amide bonds. The highest BCUT2D eigenvalue weighted by Crippen LogP contribution is 2.40. The van der Waals surface area contributed by atoms with Crippen LogP contribution in [0.15, 0.2) is 24.3 Å². The van der Waals surface area contributed by atoms with Gasteiger partial charge in [-0.1, -0.05) is 20.8 Å². The summed E-state index contributed by atoms with van der Waals surface area (Å²) in [7, 11) is 7.02. The Labute approximate surface area is 314 Å². The second kappa shape index (κ2) is 17.4. The Balaban J connectivity index is 1.79. The Bertz CT molecular complexity index is 1410. The van der Waals surface area contributed by atoms with Crippen molar-refractivity contribution >= 4 is 23.5 Å². The molecule has 4 heterocycles. The molecule has 0 spiro atoms. The number of esters is 1. The molecule has 0 aromatic heterocycles. The zero-order valence-electron chi connectivity index (χ0n) is 33.5. The third-order valence-electron chi connectivity index (χ3n) is 11.2. The molecule has 5 rings (SSSR count). The highest BCUT2D eigenvalue weighted by molar-refractivity contribution is 5.96. The monoisotopic (exact) mass is 749 g/mol. The average molecular weight is 750 g/mol. The van der Waals surface area contributed by atoms with Crippen LogP contribution in [0, 0.1) is 17.8 Å². The maximum absolute atomic E-state index is 14.1. The Hall–Kier alpha value is -2.69. The Morgan fingerprint density at radius 2 is 1.64 bits per heavy atom. The number of aliphatic hydroxyl groups excluding tert-OH is 1. The molecule has 4 aliphatic rings. The fourth-order valence-electron chi connectivity index (χ4n) is 8.42. The molecule has 14 atom stereocenters. The normalized spacial score (nSPS) is 40.6. The van der Waals surface area contributed by atoms with E-state index >= 15 is 0 Å². The van der Waals surface area contributed by atoms with Crippen LogP contribution in [-0.2, 0) is 38.0 Å². The smallest absolute Gasteiger partial charge is 0.303 e. The first-order chi connectivity index (χ1) is 24.7. The van der Waals surface area contributed by atoms with E-state index in [2.05, 4.69) is 5.32 Å². The molecule has 0 aliphatic carbocycles. The minimum absolute atomic E-state index is 0.163. The number of fused-ring (bicyclic) bond motifs is 13. The lowest BCUT2D eigenvalue weighted by molar-refractivity contribution is -0.318. The third-order valence-corrected chi connectivity index (χ3v) is 11.2. The molecule has 2 bridgehead atoms. The van der Waals surface area contributed by atoms with Gasteiger partial charge in [-0.2, -0.15) is 0 Å². The molecule has 1 aromatic rings. The van der Waals surface area contributed by atoms with E-state index in [-0.39, 0.29) is 42.7 Å². The predicted molar refractivity (Wildman–Crippen MR) is 197 cm³/mol. The number of benzene rings is 1. The largest absolute Gasteiger partial charge is 0.457 e. The number of carbonyl (C=O) groups is 3. The van der Waals surface area contributed by atoms with Crippen molar-refractivity contribution in [2.75, 3.05) is 40.1 Å². The first-order valence-corrected chi connectivity index (χ1v) is 18.7. The maximum atomic E-state index is 14.1. The van der Waals surface area contributed by atoms with Crippen molar-refractivity contribution in [2.24, 2.45) is 17.8 Å². The fraction of sp³-hybridized carbons (Fsp3) is 0.769. The maximum Gasteiger partial charge on any atom is 0.303 e. The molecule has 0 radical (unpaired) electrons. The number of hydrogen-bond donors (Lipinski definition) is 3. The number of nitrogens with one attached hydrogen (secondary N) is 1. The Kier molecular flexibility index (Phi) is 14.1. The zero-order chi connectivity index (χ0) is 39.6. The number of rotatable bonds is 7. The number of carbonyl (C=O) groups excluding carboxylic acids is 3. The summed E-state index contributed by atoms with van der Waals surface area (Å²) in [6, 6.07) is 6.45. The Morgan fingerprint density at radius 3 is 2.23 bits per heavy atom. The van der Waals surface area contributed by atoms with Crippen LogP contribution in [0.25, 0.3) is 0 Å². The quantitative estimate of drug-likeness (QED) is 0.349. The standard InChI is InChI=1S/C39H63N3O11/c1-21-18-38(7,47)33(53-37-31(44)29(41(9)10)17-22(2)49-37)23(3)32(52-30-19-39(8,48-12)34(25(5)50-30)51-26(6)43)24(4)35(45)40-28-15-13-27(14-16-28)36(46)42(11)20-21/h13-16,21-25,29-34,37,44,47H,17-20H2,1-12H3,(H,40,45)/t21-,22-,23+,24-,25+,29+,30+,31-,32+,33-,34+,37?,38-,39-/m1/s1. The van der Waals surface area contributed by atoms with Gasteiger partial charge >= 0.3 is 5.97 Å². The summed E-state index contributed by atoms with van der Waals surface area (Å²) in [5, 5.41) is 27.0. The van der Waals surface area contributed by atoms with Gasteiger partial charge in [-0.05, 0) is 84.8 Å². The number of amides is 2. The lowest BCUT2D eigenvalue weighted by Crippen LogP contribution is -2.61. The van der Waals surface area contributed by atoms with E-state index < -0.39 is 72.1 Å². The molecule has 3 N–H and O–H groups in total. The molecule has 1 aromatic carbocycles. The number of nitrogens with zero attached hydrogens (tertiary/aromatic N) is 2. The van der Waals surface area contributed by atoms with Gasteiger partial charge < -0.3 is 53.8 Å². The van der Waals surface area contributed by atoms with Crippen LogP contribution >= 0.6 is 0 Å². The van der Waals surface area contributed by atoms with Crippen molar-refractivity contribution in [1.29, 1.82) is 0 Å². The summed E-state index contributed by atoms with van der Waals surface area (Å²) in [6.45, 7) is 14.4. The first-order valence-electron chi connectivity index (χ1n) is 18.7. The molecule has 2 saturated heterocycles. The van der Waals surface area contributed by atoms with Crippen molar-refractivity contribution in [2.45, 2.75) is 141 Å². The molecule has 1 unspecified atom stereocenters. The molecule has 53 heavy (non-hydrogen) atoms. The van der Waals surface area contributed by atoms with Crippen LogP contribution in [0.3, 0.4) is 0 Å². The molecule has 0 saturated carbocycles. The average Bonchev–Trinajstić information content (AvgIpc) is 3.07. The molecule has 4 aliphatic heterocycles. The summed E-state index contributed by atoms with van der Waals surface area (Å²) in [4.78, 5) is 43.0. The van der Waals surface area contributed by atoms with Gasteiger partial charge in [-0.25, -0.2) is 0 Å². The first kappa shape index (κ1) is 43.0. The SMILES string of the molecule is CO[C@]1(C)C[C@H](O[C@H]2[C@H](C)[C@@H](OC3O[C@H](C)C[C@H](N(C)C)[C@H]3O)[C@](C)(O)C[C@@H](C)CN(C)C(=O)c3ccc(cc3)NC(=O)[C@@H]2C)O[C@@H](C)[C@@H]1OC(C)=O. The van der Waals surface area contributed by atoms with Gasteiger partial charge in [0.05, 0.1) is 35.9 Å². The molecule has 14 nitrogen and oxygen atoms in total. The predicted octanol–water partition coefficient (Wildman–Crippen LogP) is 3.43. The highest BCUT2D eigenvalue weighted by Gasteiger charge is 2.52. The molecular weight excluding hydrogens is 686 g/mol. The van der Waals surface area contributed by atoms with Gasteiger partial charge in [0.2, 0.25) is 5.91 Å². The summed E-state index contributed by atoms with van der Waals surface area (Å²) in [5.74, 6) is -2.77. The Morgan fingerprint density at radius 1 is 1.00 bits per heavy atom. The number of ether oxygens (including phenoxy) is 6. The fourth-order valence-corrected chi connectivity index (χ4v) is 8.42. The molecule has 2 fully saturated rings. The highest BCUT2D eigenvalue weighted by atomic mass is 16.7. The molecular formula is C39H63N3O11. The number of anilines is 1. The number of hydrogen-bond acceptors (Lipinski definition) is 12. The van der Waals surface area contributed by atoms with Gasteiger partial charge in [0.1, 0.15) is 11.7 Å². The summed E-state index contributed by atoms with van der Waals surface area (Å²) >= 11 is 0. The van der Waals surface area contributed by atoms with Crippen molar-refractivity contribution in [3.05, 3.63) is 29.8 Å². The summed E-state index contributed by atoms with van der Waals surface area (Å²) in [6.07, 6.45) is -5.69. The van der Waals surface area contributed by atoms with E-state index in [1.54, 1.807) is 57.0 Å². The van der Waals surface area contributed by atoms with E-state index in [1.165, 1.54) is 14.0 Å². The third kappa shape index (κ3) is 10.1. The minimum atomic E-state index is -1.57. The van der Waals surface area contributed by atoms with Gasteiger partial charge in [0, 0.05) is 57.3 Å². The van der Waals surface area contributed by atoms with Crippen LogP contribution < -0.4 is 5.32 Å². The van der Waals surface area contributed by atoms with Crippen LogP contribution in [0.4, 0.5) is 5.69 Å². The van der Waals surface area contributed by atoms with Crippen LogP contribution in [-0.4, -0.2) is 139 Å². The van der Waals surface area contributed by atoms with Crippen molar-refractivity contribution in [3.8, 4) is 0 Å². The molecule has 14 heteroatoms. The lowest BCUT2D eigenvalue weighted by Gasteiger charge is -2.49. The molecule has 300 valence electrons. The lowest BCUT2D eigenvalue weighted by atomic mass is 9.77. The van der Waals surface area contributed by atoms with Gasteiger partial charge in [-0.3, -0.25) is 14.4 Å². The zero-order valence-corrected chi connectivity index (χ0v) is 33.5. The topological polar surface area (TPSA) is 166 Å². The van der Waals surface area contributed by atoms with E-state index in [1.807, 2.05) is 46.7 Å². The van der Waals surface area contributed by atoms with Crippen LogP contribution in [0.5, 0.6) is 0 Å². The number of aliphatic hydroxyl groups is 2. The van der Waals surface area contributed by atoms with Crippen molar-refractivity contribution in [1.82, 2.24) is 9.80 Å². The summed E-state index contributed by atoms with van der Waals surface area (Å²) < 4.78 is 37.6. The second-order valence-corrected chi connectivity index (χ2v) is 16.3. The van der Waals surface area contributed by atoms with Gasteiger partial charge in [0.15, 0.2) is 18.7 Å². The van der Waals surface area contributed by atoms with Crippen LogP contribution in [0.1, 0.15) is 85.0 Å². The van der Waals surface area contributed by atoms with Crippen LogP contribution in [0.2, 0.25) is 0 Å². The van der Waals surface area contributed by atoms with Crippen molar-refractivity contribution in [3.63, 3.8) is 0 Å². The van der Waals surface area contributed by atoms with E-state index in [0.29, 0.717) is 24.2 Å².